The van der Waals surface area contributed by atoms with Crippen LogP contribution in [0.4, 0.5) is 13.2 Å². The van der Waals surface area contributed by atoms with Gasteiger partial charge in [0.05, 0.1) is 11.3 Å². The Morgan fingerprint density at radius 3 is 2.43 bits per heavy atom. The number of aryl methyl sites for hydroxylation is 1. The van der Waals surface area contributed by atoms with Crippen molar-refractivity contribution in [2.24, 2.45) is 5.73 Å². The van der Waals surface area contributed by atoms with Crippen LogP contribution >= 0.6 is 0 Å². The molecule has 14 heavy (non-hydrogen) atoms. The molecular formula is C7H6F3N3O. The van der Waals surface area contributed by atoms with Gasteiger partial charge in [0.15, 0.2) is 0 Å². The van der Waals surface area contributed by atoms with E-state index in [-0.39, 0.29) is 11.3 Å². The Hall–Kier alpha value is -1.66. The number of hydrogen-bond acceptors (Lipinski definition) is 3. The van der Waals surface area contributed by atoms with E-state index in [0.717, 1.165) is 6.20 Å². The SMILES string of the molecule is Cc1nc(C(F)(F)F)ncc1C(N)=O. The van der Waals surface area contributed by atoms with Gasteiger partial charge in [0.2, 0.25) is 5.82 Å². The predicted molar refractivity (Wildman–Crippen MR) is 40.3 cm³/mol. The summed E-state index contributed by atoms with van der Waals surface area (Å²) in [5.41, 5.74) is 4.68. The minimum Gasteiger partial charge on any atom is -0.365 e. The highest BCUT2D eigenvalue weighted by atomic mass is 19.4. The quantitative estimate of drug-likeness (QED) is 0.740. The van der Waals surface area contributed by atoms with Crippen LogP contribution in [0.1, 0.15) is 21.9 Å². The molecule has 0 spiro atoms. The molecule has 0 bridgehead atoms. The average Bonchev–Trinajstić information content (AvgIpc) is 2.01. The number of primary amides is 1. The lowest BCUT2D eigenvalue weighted by Gasteiger charge is -2.06. The summed E-state index contributed by atoms with van der Waals surface area (Å²) in [5, 5.41) is 0. The molecule has 1 amide bonds. The summed E-state index contributed by atoms with van der Waals surface area (Å²) >= 11 is 0. The summed E-state index contributed by atoms with van der Waals surface area (Å²) in [6, 6.07) is 0. The number of nitrogens with two attached hydrogens (primary N) is 1. The third-order valence-electron chi connectivity index (χ3n) is 1.50. The van der Waals surface area contributed by atoms with Gasteiger partial charge in [0.1, 0.15) is 0 Å². The molecule has 7 heteroatoms. The smallest absolute Gasteiger partial charge is 0.365 e. The second-order valence-electron chi connectivity index (χ2n) is 2.55. The zero-order chi connectivity index (χ0) is 10.9. The first kappa shape index (κ1) is 10.4. The molecule has 0 radical (unpaired) electrons. The Balaban J connectivity index is 3.20. The number of aromatic nitrogens is 2. The molecule has 0 fully saturated rings. The van der Waals surface area contributed by atoms with Crippen LogP contribution in [0.2, 0.25) is 0 Å². The Labute approximate surface area is 77.0 Å². The van der Waals surface area contributed by atoms with E-state index in [1.54, 1.807) is 0 Å². The van der Waals surface area contributed by atoms with E-state index in [9.17, 15) is 18.0 Å². The molecule has 4 nitrogen and oxygen atoms in total. The number of nitrogens with zero attached hydrogens (tertiary/aromatic N) is 2. The van der Waals surface area contributed by atoms with Gasteiger partial charge in [-0.05, 0) is 6.92 Å². The van der Waals surface area contributed by atoms with E-state index in [0.29, 0.717) is 0 Å². The molecule has 76 valence electrons. The van der Waals surface area contributed by atoms with Crippen molar-refractivity contribution in [3.8, 4) is 0 Å². The van der Waals surface area contributed by atoms with Crippen molar-refractivity contribution < 1.29 is 18.0 Å². The van der Waals surface area contributed by atoms with Crippen molar-refractivity contribution in [3.63, 3.8) is 0 Å². The maximum absolute atomic E-state index is 12.1. The van der Waals surface area contributed by atoms with Crippen molar-refractivity contribution >= 4 is 5.91 Å². The molecule has 1 heterocycles. The van der Waals surface area contributed by atoms with Gasteiger partial charge in [-0.25, -0.2) is 9.97 Å². The summed E-state index contributed by atoms with van der Waals surface area (Å²) in [7, 11) is 0. The predicted octanol–water partition coefficient (Wildman–Crippen LogP) is 0.903. The third-order valence-corrected chi connectivity index (χ3v) is 1.50. The van der Waals surface area contributed by atoms with Gasteiger partial charge >= 0.3 is 6.18 Å². The van der Waals surface area contributed by atoms with Crippen LogP contribution in [0.25, 0.3) is 0 Å². The van der Waals surface area contributed by atoms with Gasteiger partial charge in [0, 0.05) is 6.20 Å². The van der Waals surface area contributed by atoms with Crippen molar-refractivity contribution in [1.29, 1.82) is 0 Å². The average molecular weight is 205 g/mol. The summed E-state index contributed by atoms with van der Waals surface area (Å²) in [5.74, 6) is -2.13. The maximum Gasteiger partial charge on any atom is 0.451 e. The molecule has 1 rings (SSSR count). The van der Waals surface area contributed by atoms with E-state index in [1.807, 2.05) is 0 Å². The van der Waals surface area contributed by atoms with Gasteiger partial charge in [0.25, 0.3) is 5.91 Å². The Kier molecular flexibility index (Phi) is 2.41. The number of hydrogen-bond donors (Lipinski definition) is 1. The molecule has 0 aliphatic carbocycles. The van der Waals surface area contributed by atoms with E-state index in [2.05, 4.69) is 9.97 Å². The molecule has 0 aliphatic rings. The molecule has 2 N–H and O–H groups in total. The Bertz CT molecular complexity index is 375. The van der Waals surface area contributed by atoms with Crippen molar-refractivity contribution in [2.45, 2.75) is 13.1 Å². The van der Waals surface area contributed by atoms with E-state index >= 15 is 0 Å². The first-order valence-corrected chi connectivity index (χ1v) is 3.53. The summed E-state index contributed by atoms with van der Waals surface area (Å²) in [4.78, 5) is 16.8. The molecule has 1 aromatic rings. The zero-order valence-corrected chi connectivity index (χ0v) is 7.09. The van der Waals surface area contributed by atoms with Crippen LogP contribution in [-0.2, 0) is 6.18 Å². The molecule has 0 atom stereocenters. The molecule has 0 saturated carbocycles. The normalized spacial score (nSPS) is 11.4. The lowest BCUT2D eigenvalue weighted by Crippen LogP contribution is -2.18. The van der Waals surface area contributed by atoms with Gasteiger partial charge in [-0.2, -0.15) is 13.2 Å². The second-order valence-corrected chi connectivity index (χ2v) is 2.55. The second kappa shape index (κ2) is 3.24. The van der Waals surface area contributed by atoms with Crippen LogP contribution in [0, 0.1) is 6.92 Å². The summed E-state index contributed by atoms with van der Waals surface area (Å²) < 4.78 is 36.2. The standard InChI is InChI=1S/C7H6F3N3O/c1-3-4(5(11)14)2-12-6(13-3)7(8,9)10/h2H,1H3,(H2,11,14). The number of carbonyl (C=O) groups is 1. The first-order chi connectivity index (χ1) is 6.32. The molecular weight excluding hydrogens is 199 g/mol. The molecule has 1 aromatic heterocycles. The van der Waals surface area contributed by atoms with Gasteiger partial charge < -0.3 is 5.73 Å². The fraction of sp³-hybridized carbons (Fsp3) is 0.286. The highest BCUT2D eigenvalue weighted by molar-refractivity contribution is 5.93. The lowest BCUT2D eigenvalue weighted by atomic mass is 10.2. The fourth-order valence-corrected chi connectivity index (χ4v) is 0.846. The number of halogens is 3. The number of amides is 1. The minimum atomic E-state index is -4.61. The monoisotopic (exact) mass is 205 g/mol. The van der Waals surface area contributed by atoms with Crippen LogP contribution in [0.15, 0.2) is 6.20 Å². The highest BCUT2D eigenvalue weighted by Gasteiger charge is 2.35. The highest BCUT2D eigenvalue weighted by Crippen LogP contribution is 2.26. The third kappa shape index (κ3) is 1.98. The van der Waals surface area contributed by atoms with Crippen molar-refractivity contribution in [1.82, 2.24) is 9.97 Å². The topological polar surface area (TPSA) is 68.9 Å². The van der Waals surface area contributed by atoms with Gasteiger partial charge in [-0.1, -0.05) is 0 Å². The van der Waals surface area contributed by atoms with Gasteiger partial charge in [-0.3, -0.25) is 4.79 Å². The minimum absolute atomic E-state index is 0.0835. The lowest BCUT2D eigenvalue weighted by molar-refractivity contribution is -0.145. The Morgan fingerprint density at radius 2 is 2.07 bits per heavy atom. The molecule has 0 aromatic carbocycles. The van der Waals surface area contributed by atoms with Crippen LogP contribution in [-0.4, -0.2) is 15.9 Å². The van der Waals surface area contributed by atoms with Crippen LogP contribution < -0.4 is 5.73 Å². The van der Waals surface area contributed by atoms with Crippen LogP contribution in [0.3, 0.4) is 0 Å². The fourth-order valence-electron chi connectivity index (χ4n) is 0.846. The number of alkyl halides is 3. The molecule has 0 aliphatic heterocycles. The first-order valence-electron chi connectivity index (χ1n) is 3.53. The van der Waals surface area contributed by atoms with Gasteiger partial charge in [-0.15, -0.1) is 0 Å². The number of carbonyl (C=O) groups excluding carboxylic acids is 1. The van der Waals surface area contributed by atoms with Crippen molar-refractivity contribution in [2.75, 3.05) is 0 Å². The van der Waals surface area contributed by atoms with Crippen molar-refractivity contribution in [3.05, 3.63) is 23.3 Å². The number of rotatable bonds is 1. The Morgan fingerprint density at radius 1 is 1.50 bits per heavy atom. The van der Waals surface area contributed by atoms with E-state index < -0.39 is 17.9 Å². The van der Waals surface area contributed by atoms with Crippen LogP contribution in [0.5, 0.6) is 0 Å². The maximum atomic E-state index is 12.1. The molecule has 0 saturated heterocycles. The molecule has 0 unspecified atom stereocenters. The van der Waals surface area contributed by atoms with E-state index in [1.165, 1.54) is 6.92 Å². The summed E-state index contributed by atoms with van der Waals surface area (Å²) in [6.07, 6.45) is -3.84. The zero-order valence-electron chi connectivity index (χ0n) is 7.09. The van der Waals surface area contributed by atoms with E-state index in [4.69, 9.17) is 5.73 Å². The largest absolute Gasteiger partial charge is 0.451 e. The summed E-state index contributed by atoms with van der Waals surface area (Å²) in [6.45, 7) is 1.26.